The Hall–Kier alpha value is -1.97. The highest BCUT2D eigenvalue weighted by Gasteiger charge is 2.45. The summed E-state index contributed by atoms with van der Waals surface area (Å²) < 4.78 is 18.5. The minimum atomic E-state index is -1.38. The van der Waals surface area contributed by atoms with E-state index >= 15 is 0 Å². The van der Waals surface area contributed by atoms with Crippen LogP contribution in [0.2, 0.25) is 0 Å². The molecule has 0 amide bonds. The molecule has 1 saturated heterocycles. The maximum Gasteiger partial charge on any atom is 0.516 e. The molecule has 9 heteroatoms. The van der Waals surface area contributed by atoms with Gasteiger partial charge < -0.3 is 18.6 Å². The summed E-state index contributed by atoms with van der Waals surface area (Å²) in [6.07, 6.45) is 3.77. The third-order valence-electron chi connectivity index (χ3n) is 3.96. The number of ether oxygens (including phenoxy) is 3. The van der Waals surface area contributed by atoms with E-state index in [0.717, 1.165) is 16.5 Å². The SMILES string of the molecule is CC(C)(C)OC(=O)OC(=O)[C@]1(OCc2cn3cccc(Br)c3n2)CCCN1. The Morgan fingerprint density at radius 1 is 1.41 bits per heavy atom. The number of pyridine rings is 1. The molecule has 1 fully saturated rings. The molecule has 146 valence electrons. The van der Waals surface area contributed by atoms with Crippen molar-refractivity contribution in [1.82, 2.24) is 14.7 Å². The first-order valence-electron chi connectivity index (χ1n) is 8.65. The minimum Gasteiger partial charge on any atom is -0.428 e. The first-order valence-corrected chi connectivity index (χ1v) is 9.44. The van der Waals surface area contributed by atoms with Gasteiger partial charge in [0.15, 0.2) is 5.65 Å². The van der Waals surface area contributed by atoms with E-state index in [1.165, 1.54) is 0 Å². The molecule has 0 bridgehead atoms. The zero-order valence-corrected chi connectivity index (χ0v) is 17.0. The fourth-order valence-corrected chi connectivity index (χ4v) is 3.24. The zero-order valence-electron chi connectivity index (χ0n) is 15.5. The number of rotatable bonds is 4. The van der Waals surface area contributed by atoms with Crippen LogP contribution in [0.1, 0.15) is 39.3 Å². The van der Waals surface area contributed by atoms with E-state index in [0.29, 0.717) is 18.7 Å². The van der Waals surface area contributed by atoms with Gasteiger partial charge in [-0.05, 0) is 61.8 Å². The maximum absolute atomic E-state index is 12.6. The van der Waals surface area contributed by atoms with Gasteiger partial charge in [0.1, 0.15) is 5.60 Å². The standard InChI is InChI=1S/C18H22BrN3O5/c1-17(2,3)27-16(24)26-15(23)18(7-5-8-20-18)25-11-12-10-22-9-4-6-13(19)14(22)21-12/h4,6,9-10,20H,5,7-8,11H2,1-3H3/t18-/m1/s1. The predicted octanol–water partition coefficient (Wildman–Crippen LogP) is 3.17. The fourth-order valence-electron chi connectivity index (χ4n) is 2.80. The van der Waals surface area contributed by atoms with Gasteiger partial charge in [0, 0.05) is 18.8 Å². The van der Waals surface area contributed by atoms with E-state index in [-0.39, 0.29) is 6.61 Å². The van der Waals surface area contributed by atoms with Gasteiger partial charge in [-0.1, -0.05) is 0 Å². The third kappa shape index (κ3) is 4.66. The number of hydrogen-bond donors (Lipinski definition) is 1. The number of fused-ring (bicyclic) bond motifs is 1. The smallest absolute Gasteiger partial charge is 0.428 e. The molecule has 0 radical (unpaired) electrons. The lowest BCUT2D eigenvalue weighted by Gasteiger charge is -2.27. The second kappa shape index (κ2) is 7.57. The number of nitrogens with one attached hydrogen (secondary N) is 1. The van der Waals surface area contributed by atoms with Gasteiger partial charge in [-0.25, -0.2) is 14.6 Å². The van der Waals surface area contributed by atoms with Crippen LogP contribution in [0.3, 0.4) is 0 Å². The highest BCUT2D eigenvalue weighted by Crippen LogP contribution is 2.25. The molecule has 0 spiro atoms. The highest BCUT2D eigenvalue weighted by atomic mass is 79.9. The van der Waals surface area contributed by atoms with Crippen molar-refractivity contribution in [1.29, 1.82) is 0 Å². The largest absolute Gasteiger partial charge is 0.516 e. The lowest BCUT2D eigenvalue weighted by atomic mass is 10.1. The Bertz CT molecular complexity index is 852. The van der Waals surface area contributed by atoms with E-state index in [4.69, 9.17) is 14.2 Å². The number of aromatic nitrogens is 2. The number of esters is 1. The number of halogens is 1. The number of nitrogens with zero attached hydrogens (tertiary/aromatic N) is 2. The number of hydrogen-bond acceptors (Lipinski definition) is 7. The summed E-state index contributed by atoms with van der Waals surface area (Å²) in [7, 11) is 0. The van der Waals surface area contributed by atoms with Crippen LogP contribution in [0.4, 0.5) is 4.79 Å². The molecule has 1 N–H and O–H groups in total. The Kier molecular flexibility index (Phi) is 5.55. The molecule has 0 saturated carbocycles. The summed E-state index contributed by atoms with van der Waals surface area (Å²) in [5, 5.41) is 3.01. The second-order valence-corrected chi connectivity index (χ2v) is 8.17. The number of carbonyl (C=O) groups excluding carboxylic acids is 2. The molecule has 1 aliphatic heterocycles. The molecule has 3 rings (SSSR count). The van der Waals surface area contributed by atoms with E-state index in [1.54, 1.807) is 20.8 Å². The van der Waals surface area contributed by atoms with Crippen LogP contribution in [-0.2, 0) is 25.6 Å². The van der Waals surface area contributed by atoms with Crippen molar-refractivity contribution in [3.63, 3.8) is 0 Å². The third-order valence-corrected chi connectivity index (χ3v) is 4.58. The van der Waals surface area contributed by atoms with E-state index < -0.39 is 23.5 Å². The van der Waals surface area contributed by atoms with Crippen LogP contribution in [0.5, 0.6) is 0 Å². The summed E-state index contributed by atoms with van der Waals surface area (Å²) >= 11 is 3.45. The summed E-state index contributed by atoms with van der Waals surface area (Å²) in [6, 6.07) is 3.78. The molecule has 2 aromatic heterocycles. The van der Waals surface area contributed by atoms with Gasteiger partial charge >= 0.3 is 12.1 Å². The summed E-state index contributed by atoms with van der Waals surface area (Å²) in [5.41, 5.74) is -0.733. The van der Waals surface area contributed by atoms with Crippen LogP contribution in [0, 0.1) is 0 Å². The molecule has 27 heavy (non-hydrogen) atoms. The average Bonchev–Trinajstić information content (AvgIpc) is 3.19. The van der Waals surface area contributed by atoms with Crippen LogP contribution < -0.4 is 5.32 Å². The van der Waals surface area contributed by atoms with E-state index in [9.17, 15) is 9.59 Å². The Balaban J connectivity index is 1.69. The molecule has 0 unspecified atom stereocenters. The first-order chi connectivity index (χ1) is 12.7. The van der Waals surface area contributed by atoms with Crippen molar-refractivity contribution in [3.05, 3.63) is 34.7 Å². The molecular formula is C18H22BrN3O5. The first kappa shape index (κ1) is 19.8. The van der Waals surface area contributed by atoms with Gasteiger partial charge in [0.2, 0.25) is 5.72 Å². The number of carbonyl (C=O) groups is 2. The monoisotopic (exact) mass is 439 g/mol. The van der Waals surface area contributed by atoms with Crippen molar-refractivity contribution >= 4 is 33.7 Å². The molecule has 1 aliphatic rings. The molecule has 8 nitrogen and oxygen atoms in total. The summed E-state index contributed by atoms with van der Waals surface area (Å²) in [4.78, 5) is 28.9. The Morgan fingerprint density at radius 2 is 2.19 bits per heavy atom. The van der Waals surface area contributed by atoms with E-state index in [2.05, 4.69) is 26.2 Å². The zero-order chi connectivity index (χ0) is 19.7. The fraction of sp³-hybridized carbons (Fsp3) is 0.500. The van der Waals surface area contributed by atoms with Crippen LogP contribution in [0.25, 0.3) is 5.65 Å². The van der Waals surface area contributed by atoms with Crippen LogP contribution in [-0.4, -0.2) is 39.4 Å². The number of imidazole rings is 1. The van der Waals surface area contributed by atoms with E-state index in [1.807, 2.05) is 28.9 Å². The Morgan fingerprint density at radius 3 is 2.81 bits per heavy atom. The van der Waals surface area contributed by atoms with Crippen molar-refractivity contribution in [2.24, 2.45) is 0 Å². The van der Waals surface area contributed by atoms with Gasteiger partial charge in [-0.15, -0.1) is 0 Å². The normalized spacial score (nSPS) is 20.0. The average molecular weight is 440 g/mol. The van der Waals surface area contributed by atoms with Gasteiger partial charge in [0.25, 0.3) is 0 Å². The molecule has 3 heterocycles. The van der Waals surface area contributed by atoms with Crippen molar-refractivity contribution < 1.29 is 23.8 Å². The molecule has 2 aromatic rings. The topological polar surface area (TPSA) is 91.2 Å². The van der Waals surface area contributed by atoms with Crippen molar-refractivity contribution in [3.8, 4) is 0 Å². The van der Waals surface area contributed by atoms with Crippen LogP contribution in [0.15, 0.2) is 29.0 Å². The predicted molar refractivity (Wildman–Crippen MR) is 100.0 cm³/mol. The van der Waals surface area contributed by atoms with Gasteiger partial charge in [-0.3, -0.25) is 5.32 Å². The highest BCUT2D eigenvalue weighted by molar-refractivity contribution is 9.10. The lowest BCUT2D eigenvalue weighted by molar-refractivity contribution is -0.174. The lowest BCUT2D eigenvalue weighted by Crippen LogP contribution is -2.51. The van der Waals surface area contributed by atoms with Gasteiger partial charge in [-0.2, -0.15) is 0 Å². The molecule has 1 atom stereocenters. The van der Waals surface area contributed by atoms with Crippen LogP contribution >= 0.6 is 15.9 Å². The van der Waals surface area contributed by atoms with Crippen molar-refractivity contribution in [2.45, 2.75) is 51.5 Å². The molecule has 0 aromatic carbocycles. The molecular weight excluding hydrogens is 418 g/mol. The molecule has 0 aliphatic carbocycles. The maximum atomic E-state index is 12.6. The Labute approximate surface area is 165 Å². The summed E-state index contributed by atoms with van der Waals surface area (Å²) in [6.45, 7) is 5.76. The summed E-state index contributed by atoms with van der Waals surface area (Å²) in [5.74, 6) is -0.806. The van der Waals surface area contributed by atoms with Gasteiger partial charge in [0.05, 0.1) is 16.8 Å². The minimum absolute atomic E-state index is 0.0878. The van der Waals surface area contributed by atoms with Crippen molar-refractivity contribution in [2.75, 3.05) is 6.54 Å². The quantitative estimate of drug-likeness (QED) is 0.577. The second-order valence-electron chi connectivity index (χ2n) is 7.32.